The molecule has 9 nitrogen and oxygen atoms in total. The minimum absolute atomic E-state index is 0.103. The Balaban J connectivity index is 2.41. The van der Waals surface area contributed by atoms with Gasteiger partial charge < -0.3 is 20.7 Å². The smallest absolute Gasteiger partial charge is 0.276 e. The molecule has 1 atom stereocenters. The third-order valence-corrected chi connectivity index (χ3v) is 3.01. The monoisotopic (exact) mass is 281 g/mol. The molecule has 1 fully saturated rings. The zero-order valence-corrected chi connectivity index (χ0v) is 10.9. The number of morpholine rings is 1. The highest BCUT2D eigenvalue weighted by Crippen LogP contribution is 2.25. The lowest BCUT2D eigenvalue weighted by Gasteiger charge is -2.34. The summed E-state index contributed by atoms with van der Waals surface area (Å²) in [6.07, 6.45) is 0. The Labute approximate surface area is 114 Å². The molecule has 0 saturated carbocycles. The first-order chi connectivity index (χ1) is 9.52. The highest BCUT2D eigenvalue weighted by Gasteiger charge is 2.30. The molecule has 1 aliphatic heterocycles. The fraction of sp³-hybridized carbons (Fsp3) is 0.455. The van der Waals surface area contributed by atoms with Crippen molar-refractivity contribution in [3.8, 4) is 0 Å². The SMILES string of the molecule is CNc1cc([N+](=O)[O-])cc(N2CCOCC2C(N)=O)n1. The zero-order chi connectivity index (χ0) is 14.7. The normalized spacial score (nSPS) is 18.6. The number of nitrogens with two attached hydrogens (primary N) is 1. The maximum atomic E-state index is 11.4. The van der Waals surface area contributed by atoms with Gasteiger partial charge in [-0.3, -0.25) is 14.9 Å². The van der Waals surface area contributed by atoms with E-state index in [0.717, 1.165) is 0 Å². The maximum absolute atomic E-state index is 11.4. The fourth-order valence-corrected chi connectivity index (χ4v) is 2.00. The lowest BCUT2D eigenvalue weighted by atomic mass is 10.2. The second kappa shape index (κ2) is 5.70. The molecular weight excluding hydrogens is 266 g/mol. The molecule has 0 aromatic carbocycles. The highest BCUT2D eigenvalue weighted by molar-refractivity contribution is 5.84. The van der Waals surface area contributed by atoms with Crippen LogP contribution in [0.3, 0.4) is 0 Å². The minimum Gasteiger partial charge on any atom is -0.377 e. The number of pyridine rings is 1. The molecule has 20 heavy (non-hydrogen) atoms. The van der Waals surface area contributed by atoms with E-state index in [1.54, 1.807) is 11.9 Å². The molecule has 1 saturated heterocycles. The molecule has 2 rings (SSSR count). The molecular formula is C11H15N5O4. The van der Waals surface area contributed by atoms with Crippen LogP contribution in [0.4, 0.5) is 17.3 Å². The van der Waals surface area contributed by atoms with Crippen LogP contribution in [0, 0.1) is 10.1 Å². The zero-order valence-electron chi connectivity index (χ0n) is 10.9. The number of nitro groups is 1. The first-order valence-corrected chi connectivity index (χ1v) is 6.01. The first kappa shape index (κ1) is 14.0. The van der Waals surface area contributed by atoms with Crippen molar-refractivity contribution in [1.82, 2.24) is 4.98 Å². The van der Waals surface area contributed by atoms with Crippen molar-refractivity contribution >= 4 is 23.2 Å². The van der Waals surface area contributed by atoms with E-state index in [1.807, 2.05) is 0 Å². The van der Waals surface area contributed by atoms with Gasteiger partial charge in [0.2, 0.25) is 5.91 Å². The summed E-state index contributed by atoms with van der Waals surface area (Å²) in [7, 11) is 1.61. The van der Waals surface area contributed by atoms with E-state index in [4.69, 9.17) is 10.5 Å². The molecule has 1 aliphatic rings. The van der Waals surface area contributed by atoms with E-state index in [9.17, 15) is 14.9 Å². The van der Waals surface area contributed by atoms with E-state index < -0.39 is 16.9 Å². The van der Waals surface area contributed by atoms with E-state index >= 15 is 0 Å². The quantitative estimate of drug-likeness (QED) is 0.574. The molecule has 108 valence electrons. The minimum atomic E-state index is -0.678. The van der Waals surface area contributed by atoms with Gasteiger partial charge in [0.05, 0.1) is 30.3 Å². The lowest BCUT2D eigenvalue weighted by Crippen LogP contribution is -2.53. The van der Waals surface area contributed by atoms with Crippen molar-refractivity contribution in [2.45, 2.75) is 6.04 Å². The predicted octanol–water partition coefficient (Wildman–Crippen LogP) is -0.278. The summed E-state index contributed by atoms with van der Waals surface area (Å²) in [6.45, 7) is 0.947. The van der Waals surface area contributed by atoms with Gasteiger partial charge in [-0.15, -0.1) is 0 Å². The number of hydrogen-bond donors (Lipinski definition) is 2. The molecule has 9 heteroatoms. The second-order valence-electron chi connectivity index (χ2n) is 4.26. The van der Waals surface area contributed by atoms with Crippen molar-refractivity contribution in [3.05, 3.63) is 22.2 Å². The summed E-state index contributed by atoms with van der Waals surface area (Å²) in [5.41, 5.74) is 5.22. The van der Waals surface area contributed by atoms with Crippen molar-refractivity contribution in [2.75, 3.05) is 37.0 Å². The number of carbonyl (C=O) groups is 1. The molecule has 0 spiro atoms. The number of rotatable bonds is 4. The van der Waals surface area contributed by atoms with E-state index in [-0.39, 0.29) is 12.3 Å². The van der Waals surface area contributed by atoms with Gasteiger partial charge >= 0.3 is 0 Å². The number of ether oxygens (including phenoxy) is 1. The topological polar surface area (TPSA) is 124 Å². The Bertz CT molecular complexity index is 536. The van der Waals surface area contributed by atoms with Crippen LogP contribution in [-0.4, -0.2) is 48.7 Å². The van der Waals surface area contributed by atoms with Crippen LogP contribution in [-0.2, 0) is 9.53 Å². The van der Waals surface area contributed by atoms with Gasteiger partial charge in [0.15, 0.2) is 0 Å². The molecule has 1 unspecified atom stereocenters. The maximum Gasteiger partial charge on any atom is 0.276 e. The Kier molecular flexibility index (Phi) is 3.99. The summed E-state index contributed by atoms with van der Waals surface area (Å²) in [6, 6.07) is 1.97. The number of hydrogen-bond acceptors (Lipinski definition) is 7. The molecule has 0 radical (unpaired) electrons. The lowest BCUT2D eigenvalue weighted by molar-refractivity contribution is -0.384. The molecule has 1 aromatic rings. The predicted molar refractivity (Wildman–Crippen MR) is 71.6 cm³/mol. The fourth-order valence-electron chi connectivity index (χ4n) is 2.00. The van der Waals surface area contributed by atoms with Gasteiger partial charge in [-0.1, -0.05) is 0 Å². The third kappa shape index (κ3) is 2.77. The number of aromatic nitrogens is 1. The summed E-state index contributed by atoms with van der Waals surface area (Å²) < 4.78 is 5.21. The highest BCUT2D eigenvalue weighted by atomic mass is 16.6. The van der Waals surface area contributed by atoms with Crippen LogP contribution in [0.1, 0.15) is 0 Å². The molecule has 2 heterocycles. The van der Waals surface area contributed by atoms with Crippen molar-refractivity contribution in [2.24, 2.45) is 5.73 Å². The van der Waals surface area contributed by atoms with Gasteiger partial charge in [-0.2, -0.15) is 0 Å². The van der Waals surface area contributed by atoms with Crippen LogP contribution in [0.2, 0.25) is 0 Å². The Morgan fingerprint density at radius 2 is 2.40 bits per heavy atom. The van der Waals surface area contributed by atoms with Crippen molar-refractivity contribution in [1.29, 1.82) is 0 Å². The van der Waals surface area contributed by atoms with Crippen LogP contribution in [0.15, 0.2) is 12.1 Å². The van der Waals surface area contributed by atoms with Crippen LogP contribution in [0.5, 0.6) is 0 Å². The average Bonchev–Trinajstić information content (AvgIpc) is 2.46. The van der Waals surface area contributed by atoms with Gasteiger partial charge in [0.25, 0.3) is 5.69 Å². The molecule has 0 aliphatic carbocycles. The van der Waals surface area contributed by atoms with Gasteiger partial charge in [-0.05, 0) is 0 Å². The first-order valence-electron chi connectivity index (χ1n) is 6.01. The Hall–Kier alpha value is -2.42. The summed E-state index contributed by atoms with van der Waals surface area (Å²) in [5.74, 6) is 0.128. The summed E-state index contributed by atoms with van der Waals surface area (Å²) in [4.78, 5) is 27.7. The summed E-state index contributed by atoms with van der Waals surface area (Å²) in [5, 5.41) is 13.7. The molecule has 3 N–H and O–H groups in total. The van der Waals surface area contributed by atoms with E-state index in [1.165, 1.54) is 12.1 Å². The summed E-state index contributed by atoms with van der Waals surface area (Å²) >= 11 is 0. The van der Waals surface area contributed by atoms with E-state index in [2.05, 4.69) is 10.3 Å². The van der Waals surface area contributed by atoms with Crippen LogP contribution in [0.25, 0.3) is 0 Å². The molecule has 0 bridgehead atoms. The standard InChI is InChI=1S/C11H15N5O4/c1-13-9-4-7(16(18)19)5-10(14-9)15-2-3-20-6-8(15)11(12)17/h4-5,8H,2-3,6H2,1H3,(H2,12,17)(H,13,14). The van der Waals surface area contributed by atoms with E-state index in [0.29, 0.717) is 24.8 Å². The number of amides is 1. The molecule has 1 amide bonds. The number of nitrogens with one attached hydrogen (secondary N) is 1. The largest absolute Gasteiger partial charge is 0.377 e. The Morgan fingerprint density at radius 3 is 3.00 bits per heavy atom. The number of primary amides is 1. The second-order valence-corrected chi connectivity index (χ2v) is 4.26. The third-order valence-electron chi connectivity index (χ3n) is 3.01. The van der Waals surface area contributed by atoms with Gasteiger partial charge in [-0.25, -0.2) is 4.98 Å². The number of nitrogens with zero attached hydrogens (tertiary/aromatic N) is 3. The van der Waals surface area contributed by atoms with Crippen molar-refractivity contribution < 1.29 is 14.5 Å². The molecule has 1 aromatic heterocycles. The number of anilines is 2. The Morgan fingerprint density at radius 1 is 1.65 bits per heavy atom. The van der Waals surface area contributed by atoms with Gasteiger partial charge in [0, 0.05) is 13.6 Å². The van der Waals surface area contributed by atoms with Crippen molar-refractivity contribution in [3.63, 3.8) is 0 Å². The van der Waals surface area contributed by atoms with Crippen LogP contribution >= 0.6 is 0 Å². The van der Waals surface area contributed by atoms with Crippen LogP contribution < -0.4 is 16.0 Å². The van der Waals surface area contributed by atoms with Gasteiger partial charge in [0.1, 0.15) is 17.7 Å². The average molecular weight is 281 g/mol. The number of carbonyl (C=O) groups excluding carboxylic acids is 1.